The first-order chi connectivity index (χ1) is 3.81. The summed E-state index contributed by atoms with van der Waals surface area (Å²) in [4.78, 5) is 10.6. The third kappa shape index (κ3) is 5.27. The van der Waals surface area contributed by atoms with Gasteiger partial charge in [0.05, 0.1) is 0 Å². The van der Waals surface area contributed by atoms with E-state index in [2.05, 4.69) is 45.2 Å². The molecule has 0 N–H and O–H groups in total. The molecule has 0 fully saturated rings. The van der Waals surface area contributed by atoms with Crippen molar-refractivity contribution in [1.82, 2.24) is 0 Å². The molecule has 0 spiro atoms. The van der Waals surface area contributed by atoms with Gasteiger partial charge in [-0.3, -0.25) is 4.79 Å². The molecule has 0 rings (SSSR count). The van der Waals surface area contributed by atoms with Gasteiger partial charge in [-0.1, -0.05) is 45.2 Å². The number of carbonyl (C=O) groups excluding carboxylic acids is 1. The Morgan fingerprint density at radius 3 is 1.75 bits per heavy atom. The Morgan fingerprint density at radius 2 is 1.50 bits per heavy atom. The van der Waals surface area contributed by atoms with E-state index in [0.29, 0.717) is 5.78 Å². The number of carbonyl (C=O) groups is 1. The van der Waals surface area contributed by atoms with Crippen molar-refractivity contribution in [1.29, 1.82) is 0 Å². The molecular formula is C5H8I2O. The Bertz CT molecular complexity index is 64.8. The zero-order chi connectivity index (χ0) is 6.41. The van der Waals surface area contributed by atoms with E-state index < -0.39 is 0 Å². The van der Waals surface area contributed by atoms with Gasteiger partial charge in [-0.05, 0) is 0 Å². The van der Waals surface area contributed by atoms with E-state index in [1.54, 1.807) is 0 Å². The molecule has 0 amide bonds. The van der Waals surface area contributed by atoms with E-state index >= 15 is 0 Å². The molecule has 8 heavy (non-hydrogen) atoms. The Labute approximate surface area is 76.9 Å². The van der Waals surface area contributed by atoms with Gasteiger partial charge in [-0.15, -0.1) is 0 Å². The van der Waals surface area contributed by atoms with E-state index in [1.165, 1.54) is 0 Å². The van der Waals surface area contributed by atoms with Crippen LogP contribution in [-0.2, 0) is 4.79 Å². The van der Waals surface area contributed by atoms with Gasteiger partial charge < -0.3 is 0 Å². The van der Waals surface area contributed by atoms with Gasteiger partial charge >= 0.3 is 0 Å². The van der Waals surface area contributed by atoms with Crippen LogP contribution in [0.5, 0.6) is 0 Å². The highest BCUT2D eigenvalue weighted by Gasteiger charge is 1.96. The molecule has 48 valence electrons. The quantitative estimate of drug-likeness (QED) is 0.568. The molecule has 0 aliphatic rings. The Kier molecular flexibility index (Phi) is 7.14. The second-order valence-corrected chi connectivity index (χ2v) is 3.57. The molecule has 0 aliphatic carbocycles. The fourth-order valence-corrected chi connectivity index (χ4v) is 1.54. The van der Waals surface area contributed by atoms with Gasteiger partial charge in [-0.25, -0.2) is 0 Å². The molecular weight excluding hydrogens is 330 g/mol. The first-order valence-corrected chi connectivity index (χ1v) is 5.50. The molecule has 0 atom stereocenters. The van der Waals surface area contributed by atoms with Crippen LogP contribution in [0.3, 0.4) is 0 Å². The van der Waals surface area contributed by atoms with Crippen molar-refractivity contribution in [2.75, 3.05) is 8.86 Å². The molecule has 0 heterocycles. The van der Waals surface area contributed by atoms with Crippen LogP contribution in [0.2, 0.25) is 0 Å². The highest BCUT2D eigenvalue weighted by Crippen LogP contribution is 1.96. The monoisotopic (exact) mass is 338 g/mol. The van der Waals surface area contributed by atoms with Gasteiger partial charge in [0, 0.05) is 21.7 Å². The number of halogens is 2. The van der Waals surface area contributed by atoms with Crippen LogP contribution in [0.15, 0.2) is 0 Å². The Balaban J connectivity index is 3.06. The second kappa shape index (κ2) is 6.25. The zero-order valence-electron chi connectivity index (χ0n) is 4.49. The van der Waals surface area contributed by atoms with Gasteiger partial charge in [0.15, 0.2) is 0 Å². The summed E-state index contributed by atoms with van der Waals surface area (Å²) in [6.45, 7) is 0. The van der Waals surface area contributed by atoms with Gasteiger partial charge in [0.2, 0.25) is 0 Å². The molecule has 0 aliphatic heterocycles. The maximum absolute atomic E-state index is 10.6. The predicted octanol–water partition coefficient (Wildman–Crippen LogP) is 2.21. The van der Waals surface area contributed by atoms with Crippen LogP contribution < -0.4 is 0 Å². The fraction of sp³-hybridized carbons (Fsp3) is 0.800. The summed E-state index contributed by atoms with van der Waals surface area (Å²) < 4.78 is 1.93. The van der Waals surface area contributed by atoms with Crippen molar-refractivity contribution in [3.63, 3.8) is 0 Å². The minimum Gasteiger partial charge on any atom is -0.300 e. The molecule has 0 aromatic rings. The van der Waals surface area contributed by atoms with Crippen LogP contribution in [0.25, 0.3) is 0 Å². The summed E-state index contributed by atoms with van der Waals surface area (Å²) in [5.74, 6) is 0.397. The minimum atomic E-state index is 0.397. The third-order valence-corrected chi connectivity index (χ3v) is 1.83. The predicted molar refractivity (Wildman–Crippen MR) is 52.0 cm³/mol. The van der Waals surface area contributed by atoms with Crippen molar-refractivity contribution >= 4 is 51.0 Å². The molecule has 0 saturated carbocycles. The largest absolute Gasteiger partial charge is 0.300 e. The van der Waals surface area contributed by atoms with Crippen molar-refractivity contribution in [2.45, 2.75) is 12.8 Å². The maximum atomic E-state index is 10.6. The number of hydrogen-bond acceptors (Lipinski definition) is 1. The van der Waals surface area contributed by atoms with Crippen LogP contribution in [0.4, 0.5) is 0 Å². The summed E-state index contributed by atoms with van der Waals surface area (Å²) in [6.07, 6.45) is 1.51. The van der Waals surface area contributed by atoms with Crippen molar-refractivity contribution < 1.29 is 4.79 Å². The zero-order valence-corrected chi connectivity index (χ0v) is 8.81. The molecule has 0 saturated heterocycles. The second-order valence-electron chi connectivity index (χ2n) is 1.42. The SMILES string of the molecule is O=C(CCI)CCI. The summed E-state index contributed by atoms with van der Waals surface area (Å²) in [5, 5.41) is 0. The summed E-state index contributed by atoms with van der Waals surface area (Å²) in [7, 11) is 0. The fourth-order valence-electron chi connectivity index (χ4n) is 0.336. The van der Waals surface area contributed by atoms with Crippen molar-refractivity contribution in [2.24, 2.45) is 0 Å². The maximum Gasteiger partial charge on any atom is 0.134 e. The number of hydrogen-bond donors (Lipinski definition) is 0. The average molecular weight is 338 g/mol. The van der Waals surface area contributed by atoms with E-state index in [1.807, 2.05) is 0 Å². The van der Waals surface area contributed by atoms with E-state index in [-0.39, 0.29) is 0 Å². The van der Waals surface area contributed by atoms with Crippen molar-refractivity contribution in [3.05, 3.63) is 0 Å². The number of ketones is 1. The Morgan fingerprint density at radius 1 is 1.12 bits per heavy atom. The molecule has 0 radical (unpaired) electrons. The average Bonchev–Trinajstić information content (AvgIpc) is 1.68. The normalized spacial score (nSPS) is 9.25. The molecule has 1 nitrogen and oxygen atoms in total. The smallest absolute Gasteiger partial charge is 0.134 e. The summed E-state index contributed by atoms with van der Waals surface area (Å²) in [5.41, 5.74) is 0. The van der Waals surface area contributed by atoms with E-state index in [4.69, 9.17) is 0 Å². The topological polar surface area (TPSA) is 17.1 Å². The highest BCUT2D eigenvalue weighted by atomic mass is 127. The van der Waals surface area contributed by atoms with Crippen LogP contribution in [0, 0.1) is 0 Å². The number of Topliss-reactive ketones (excluding diaryl/α,β-unsaturated/α-hetero) is 1. The lowest BCUT2D eigenvalue weighted by atomic mass is 10.2. The summed E-state index contributed by atoms with van der Waals surface area (Å²) >= 11 is 4.44. The lowest BCUT2D eigenvalue weighted by molar-refractivity contribution is -0.118. The van der Waals surface area contributed by atoms with Gasteiger partial charge in [-0.2, -0.15) is 0 Å². The van der Waals surface area contributed by atoms with Gasteiger partial charge in [0.1, 0.15) is 5.78 Å². The van der Waals surface area contributed by atoms with Crippen LogP contribution in [-0.4, -0.2) is 14.6 Å². The van der Waals surface area contributed by atoms with E-state index in [9.17, 15) is 4.79 Å². The molecule has 0 bridgehead atoms. The highest BCUT2D eigenvalue weighted by molar-refractivity contribution is 14.1. The number of alkyl halides is 2. The lowest BCUT2D eigenvalue weighted by Gasteiger charge is -1.89. The number of rotatable bonds is 4. The minimum absolute atomic E-state index is 0.397. The summed E-state index contributed by atoms with van der Waals surface area (Å²) in [6, 6.07) is 0. The van der Waals surface area contributed by atoms with Gasteiger partial charge in [0.25, 0.3) is 0 Å². The molecule has 0 aromatic heterocycles. The van der Waals surface area contributed by atoms with E-state index in [0.717, 1.165) is 21.7 Å². The lowest BCUT2D eigenvalue weighted by Crippen LogP contribution is -1.97. The first-order valence-electron chi connectivity index (χ1n) is 2.45. The Hall–Kier alpha value is 1.13. The first kappa shape index (κ1) is 9.13. The molecule has 0 aromatic carbocycles. The standard InChI is InChI=1S/C5H8I2O/c6-3-1-5(8)2-4-7/h1-4H2. The van der Waals surface area contributed by atoms with Crippen LogP contribution >= 0.6 is 45.2 Å². The third-order valence-electron chi connectivity index (χ3n) is 0.747. The van der Waals surface area contributed by atoms with Crippen LogP contribution in [0.1, 0.15) is 12.8 Å². The van der Waals surface area contributed by atoms with Crippen molar-refractivity contribution in [3.8, 4) is 0 Å². The molecule has 0 unspecified atom stereocenters. The molecule has 3 heteroatoms.